The van der Waals surface area contributed by atoms with Crippen molar-refractivity contribution in [2.45, 2.75) is 19.0 Å². The Morgan fingerprint density at radius 3 is 3.42 bits per heavy atom. The summed E-state index contributed by atoms with van der Waals surface area (Å²) < 4.78 is 0. The highest BCUT2D eigenvalue weighted by Gasteiger charge is 2.15. The number of hydrogen-bond donors (Lipinski definition) is 2. The van der Waals surface area contributed by atoms with E-state index in [1.54, 1.807) is 0 Å². The lowest BCUT2D eigenvalue weighted by molar-refractivity contribution is 0.557. The van der Waals surface area contributed by atoms with Crippen LogP contribution in [0, 0.1) is 0 Å². The molecule has 0 bridgehead atoms. The van der Waals surface area contributed by atoms with Crippen molar-refractivity contribution in [3.8, 4) is 0 Å². The zero-order valence-electron chi connectivity index (χ0n) is 7.17. The van der Waals surface area contributed by atoms with Crippen LogP contribution in [0.25, 0.3) is 0 Å². The number of aromatic nitrogens is 1. The third-order valence-corrected chi connectivity index (χ3v) is 2.25. The van der Waals surface area contributed by atoms with Gasteiger partial charge in [-0.2, -0.15) is 0 Å². The zero-order chi connectivity index (χ0) is 8.39. The number of rotatable bonds is 1. The molecule has 2 rings (SSSR count). The van der Waals surface area contributed by atoms with Gasteiger partial charge in [0.15, 0.2) is 0 Å². The van der Waals surface area contributed by atoms with Crippen molar-refractivity contribution in [1.82, 2.24) is 10.3 Å². The maximum Gasteiger partial charge on any atom is 0.130 e. The number of nitrogens with zero attached hydrogens (tertiary/aromatic N) is 1. The van der Waals surface area contributed by atoms with E-state index in [9.17, 15) is 0 Å². The molecule has 0 saturated heterocycles. The number of hydrogen-bond acceptors (Lipinski definition) is 3. The molecule has 0 saturated carbocycles. The van der Waals surface area contributed by atoms with Gasteiger partial charge in [-0.15, -0.1) is 0 Å². The van der Waals surface area contributed by atoms with Gasteiger partial charge >= 0.3 is 0 Å². The van der Waals surface area contributed by atoms with Crippen LogP contribution in [0.1, 0.15) is 12.0 Å². The van der Waals surface area contributed by atoms with Gasteiger partial charge in [0.1, 0.15) is 5.82 Å². The minimum absolute atomic E-state index is 0.382. The lowest BCUT2D eigenvalue weighted by atomic mass is 10.1. The van der Waals surface area contributed by atoms with E-state index in [2.05, 4.69) is 21.7 Å². The highest BCUT2D eigenvalue weighted by Crippen LogP contribution is 2.20. The first-order valence-corrected chi connectivity index (χ1v) is 4.28. The van der Waals surface area contributed by atoms with E-state index in [0.717, 1.165) is 18.7 Å². The molecule has 0 fully saturated rings. The monoisotopic (exact) mass is 163 g/mol. The van der Waals surface area contributed by atoms with Crippen molar-refractivity contribution < 1.29 is 0 Å². The van der Waals surface area contributed by atoms with Crippen LogP contribution in [-0.2, 0) is 6.42 Å². The second-order valence-electron chi connectivity index (χ2n) is 3.04. The Bertz CT molecular complexity index is 272. The van der Waals surface area contributed by atoms with Crippen LogP contribution in [0.4, 0.5) is 5.82 Å². The summed E-state index contributed by atoms with van der Waals surface area (Å²) >= 11 is 0. The summed E-state index contributed by atoms with van der Waals surface area (Å²) in [6.07, 6.45) is 4.45. The molecule has 0 spiro atoms. The normalized spacial score (nSPS) is 21.2. The minimum Gasteiger partial charge on any atom is -0.355 e. The Morgan fingerprint density at radius 1 is 1.67 bits per heavy atom. The molecule has 2 heterocycles. The fourth-order valence-electron chi connectivity index (χ4n) is 1.52. The predicted octanol–water partition coefficient (Wildman–Crippen LogP) is 0.985. The molecule has 12 heavy (non-hydrogen) atoms. The fourth-order valence-corrected chi connectivity index (χ4v) is 1.52. The van der Waals surface area contributed by atoms with Crippen molar-refractivity contribution in [1.29, 1.82) is 0 Å². The van der Waals surface area contributed by atoms with Crippen LogP contribution >= 0.6 is 0 Å². The SMILES string of the molecule is CNC1CCc2cccnc2N1. The largest absolute Gasteiger partial charge is 0.355 e. The quantitative estimate of drug-likeness (QED) is 0.648. The molecule has 1 aromatic heterocycles. The average molecular weight is 163 g/mol. The maximum atomic E-state index is 4.27. The van der Waals surface area contributed by atoms with Gasteiger partial charge in [-0.1, -0.05) is 6.07 Å². The van der Waals surface area contributed by atoms with Gasteiger partial charge in [0.05, 0.1) is 6.17 Å². The van der Waals surface area contributed by atoms with Crippen molar-refractivity contribution in [2.24, 2.45) is 0 Å². The average Bonchev–Trinajstić information content (AvgIpc) is 2.17. The van der Waals surface area contributed by atoms with Crippen molar-refractivity contribution in [3.63, 3.8) is 0 Å². The molecule has 0 amide bonds. The molecule has 0 radical (unpaired) electrons. The number of pyridine rings is 1. The van der Waals surface area contributed by atoms with Crippen LogP contribution in [0.3, 0.4) is 0 Å². The van der Waals surface area contributed by atoms with E-state index in [4.69, 9.17) is 0 Å². The third kappa shape index (κ3) is 1.28. The van der Waals surface area contributed by atoms with Crippen LogP contribution in [-0.4, -0.2) is 18.2 Å². The molecular formula is C9H13N3. The summed E-state index contributed by atoms with van der Waals surface area (Å²) in [5.74, 6) is 1.03. The second kappa shape index (κ2) is 3.11. The topological polar surface area (TPSA) is 37.0 Å². The number of fused-ring (bicyclic) bond motifs is 1. The lowest BCUT2D eigenvalue weighted by Gasteiger charge is -2.25. The van der Waals surface area contributed by atoms with E-state index >= 15 is 0 Å². The first kappa shape index (κ1) is 7.55. The third-order valence-electron chi connectivity index (χ3n) is 2.25. The van der Waals surface area contributed by atoms with E-state index in [-0.39, 0.29) is 0 Å². The molecule has 1 atom stereocenters. The zero-order valence-corrected chi connectivity index (χ0v) is 7.17. The molecule has 3 nitrogen and oxygen atoms in total. The smallest absolute Gasteiger partial charge is 0.130 e. The van der Waals surface area contributed by atoms with Gasteiger partial charge in [0.25, 0.3) is 0 Å². The van der Waals surface area contributed by atoms with Crippen LogP contribution in [0.15, 0.2) is 18.3 Å². The van der Waals surface area contributed by atoms with Gasteiger partial charge in [-0.3, -0.25) is 0 Å². The van der Waals surface area contributed by atoms with Gasteiger partial charge in [-0.25, -0.2) is 4.98 Å². The first-order valence-electron chi connectivity index (χ1n) is 4.28. The van der Waals surface area contributed by atoms with E-state index in [0.29, 0.717) is 6.17 Å². The summed E-state index contributed by atoms with van der Waals surface area (Å²) in [5, 5.41) is 6.52. The van der Waals surface area contributed by atoms with Gasteiger partial charge in [-0.05, 0) is 31.5 Å². The Labute approximate surface area is 72.2 Å². The Kier molecular flexibility index (Phi) is 1.96. The van der Waals surface area contributed by atoms with Gasteiger partial charge in [0, 0.05) is 6.20 Å². The molecule has 1 aliphatic heterocycles. The number of aryl methyl sites for hydroxylation is 1. The number of anilines is 1. The molecular weight excluding hydrogens is 150 g/mol. The molecule has 1 aromatic rings. The Morgan fingerprint density at radius 2 is 2.58 bits per heavy atom. The molecule has 0 aromatic carbocycles. The molecule has 2 N–H and O–H groups in total. The maximum absolute atomic E-state index is 4.27. The van der Waals surface area contributed by atoms with Crippen molar-refractivity contribution in [3.05, 3.63) is 23.9 Å². The molecule has 3 heteroatoms. The molecule has 64 valence electrons. The predicted molar refractivity (Wildman–Crippen MR) is 49.0 cm³/mol. The summed E-state index contributed by atoms with van der Waals surface area (Å²) in [4.78, 5) is 4.27. The summed E-state index contributed by atoms with van der Waals surface area (Å²) in [5.41, 5.74) is 1.32. The second-order valence-corrected chi connectivity index (χ2v) is 3.04. The molecule has 0 aliphatic carbocycles. The van der Waals surface area contributed by atoms with Crippen LogP contribution in [0.2, 0.25) is 0 Å². The fraction of sp³-hybridized carbons (Fsp3) is 0.444. The lowest BCUT2D eigenvalue weighted by Crippen LogP contribution is -2.37. The summed E-state index contributed by atoms with van der Waals surface area (Å²) in [6, 6.07) is 4.11. The van der Waals surface area contributed by atoms with Crippen LogP contribution in [0.5, 0.6) is 0 Å². The summed E-state index contributed by atoms with van der Waals surface area (Å²) in [6.45, 7) is 0. The highest BCUT2D eigenvalue weighted by molar-refractivity contribution is 5.46. The highest BCUT2D eigenvalue weighted by atomic mass is 15.1. The van der Waals surface area contributed by atoms with Gasteiger partial charge in [0.2, 0.25) is 0 Å². The van der Waals surface area contributed by atoms with E-state index in [1.165, 1.54) is 5.56 Å². The van der Waals surface area contributed by atoms with Crippen LogP contribution < -0.4 is 10.6 Å². The van der Waals surface area contributed by atoms with Crippen molar-refractivity contribution >= 4 is 5.82 Å². The number of nitrogens with one attached hydrogen (secondary N) is 2. The van der Waals surface area contributed by atoms with E-state index in [1.807, 2.05) is 19.3 Å². The Balaban J connectivity index is 2.23. The van der Waals surface area contributed by atoms with Crippen molar-refractivity contribution in [2.75, 3.05) is 12.4 Å². The first-order chi connectivity index (χ1) is 5.90. The molecule has 1 aliphatic rings. The Hall–Kier alpha value is -1.09. The van der Waals surface area contributed by atoms with E-state index < -0.39 is 0 Å². The standard InChI is InChI=1S/C9H13N3/c1-10-8-5-4-7-3-2-6-11-9(7)12-8/h2-3,6,8,10H,4-5H2,1H3,(H,11,12). The summed E-state index contributed by atoms with van der Waals surface area (Å²) in [7, 11) is 1.96. The van der Waals surface area contributed by atoms with Gasteiger partial charge < -0.3 is 10.6 Å². The minimum atomic E-state index is 0.382. The molecule has 1 unspecified atom stereocenters.